The van der Waals surface area contributed by atoms with Gasteiger partial charge in [0.2, 0.25) is 5.78 Å². The van der Waals surface area contributed by atoms with E-state index < -0.39 is 17.6 Å². The van der Waals surface area contributed by atoms with E-state index in [9.17, 15) is 9.90 Å². The minimum atomic E-state index is -1.00. The van der Waals surface area contributed by atoms with Gasteiger partial charge in [-0.3, -0.25) is 4.79 Å². The third kappa shape index (κ3) is 4.18. The maximum Gasteiger partial charge on any atom is 0.210 e. The van der Waals surface area contributed by atoms with Gasteiger partial charge >= 0.3 is 0 Å². The molecule has 6 nitrogen and oxygen atoms in total. The summed E-state index contributed by atoms with van der Waals surface area (Å²) in [6.45, 7) is 6.00. The van der Waals surface area contributed by atoms with Crippen LogP contribution < -0.4 is 5.73 Å². The second-order valence-electron chi connectivity index (χ2n) is 7.48. The van der Waals surface area contributed by atoms with Crippen molar-refractivity contribution < 1.29 is 14.6 Å². The molecular formula is C23H29N3O3. The second kappa shape index (κ2) is 8.76. The Hall–Kier alpha value is -2.70. The van der Waals surface area contributed by atoms with Crippen LogP contribution >= 0.6 is 0 Å². The molecule has 3 aromatic rings. The number of carbonyl (C=O) groups excluding carboxylic acids is 1. The van der Waals surface area contributed by atoms with Crippen LogP contribution in [0.3, 0.4) is 0 Å². The van der Waals surface area contributed by atoms with E-state index in [0.717, 1.165) is 5.56 Å². The number of aromatic nitrogens is 2. The van der Waals surface area contributed by atoms with Crippen LogP contribution in [0.25, 0.3) is 5.52 Å². The highest BCUT2D eigenvalue weighted by molar-refractivity contribution is 6.00. The molecule has 29 heavy (non-hydrogen) atoms. The van der Waals surface area contributed by atoms with Gasteiger partial charge in [0.05, 0.1) is 23.4 Å². The van der Waals surface area contributed by atoms with Gasteiger partial charge in [0.25, 0.3) is 0 Å². The fraction of sp³-hybridized carbons (Fsp3) is 0.391. The molecule has 2 aromatic heterocycles. The number of rotatable bonds is 9. The number of nitrogen functional groups attached to an aromatic ring is 1. The van der Waals surface area contributed by atoms with Crippen molar-refractivity contribution in [3.05, 3.63) is 66.0 Å². The predicted octanol–water partition coefficient (Wildman–Crippen LogP) is 3.87. The number of benzene rings is 1. The van der Waals surface area contributed by atoms with E-state index in [1.807, 2.05) is 51.1 Å². The molecule has 0 bridgehead atoms. The first-order valence-electron chi connectivity index (χ1n) is 10.1. The van der Waals surface area contributed by atoms with Gasteiger partial charge in [0.15, 0.2) is 0 Å². The van der Waals surface area contributed by atoms with Crippen LogP contribution in [0.4, 0.5) is 5.69 Å². The number of carbonyl (C=O) groups is 1. The second-order valence-corrected chi connectivity index (χ2v) is 7.48. The molecule has 0 radical (unpaired) electrons. The third-order valence-corrected chi connectivity index (χ3v) is 5.90. The molecule has 0 aliphatic carbocycles. The van der Waals surface area contributed by atoms with Gasteiger partial charge in [0, 0.05) is 12.1 Å². The average Bonchev–Trinajstić information content (AvgIpc) is 3.19. The number of nitrogens with two attached hydrogens (primary N) is 1. The van der Waals surface area contributed by atoms with E-state index in [0.29, 0.717) is 29.7 Å². The number of fused-ring (bicyclic) bond motifs is 1. The lowest BCUT2D eigenvalue weighted by atomic mass is 9.79. The summed E-state index contributed by atoms with van der Waals surface area (Å²) in [6.07, 6.45) is 1.81. The number of nitrogens with zero attached hydrogens (tertiary/aromatic N) is 2. The standard InChI is InChI=1S/C23H29N3O3/c1-4-23(28,5-2)16(3)22(29-15-17-9-7-6-8-10-17)21(27)20-12-11-19-18(24)13-14-25-26(19)20/h6-14,16,22,28H,4-5,15,24H2,1-3H3/t16-,22+/m0/s1. The van der Waals surface area contributed by atoms with E-state index >= 15 is 0 Å². The molecule has 0 saturated heterocycles. The third-order valence-electron chi connectivity index (χ3n) is 5.90. The first kappa shape index (κ1) is 21.0. The number of aliphatic hydroxyl groups is 1. The summed E-state index contributed by atoms with van der Waals surface area (Å²) < 4.78 is 7.66. The first-order valence-corrected chi connectivity index (χ1v) is 10.1. The van der Waals surface area contributed by atoms with Crippen LogP contribution in [0.1, 0.15) is 49.7 Å². The summed E-state index contributed by atoms with van der Waals surface area (Å²) in [4.78, 5) is 13.5. The lowest BCUT2D eigenvalue weighted by Crippen LogP contribution is -2.46. The molecule has 0 saturated carbocycles. The van der Waals surface area contributed by atoms with Crippen molar-refractivity contribution in [1.29, 1.82) is 0 Å². The summed E-state index contributed by atoms with van der Waals surface area (Å²) in [6, 6.07) is 14.9. The lowest BCUT2D eigenvalue weighted by Gasteiger charge is -2.36. The molecule has 6 heteroatoms. The molecule has 0 aliphatic heterocycles. The Morgan fingerprint density at radius 2 is 1.86 bits per heavy atom. The normalized spacial score (nSPS) is 14.1. The molecule has 0 fully saturated rings. The Bertz CT molecular complexity index is 964. The monoisotopic (exact) mass is 395 g/mol. The molecule has 0 aliphatic rings. The van der Waals surface area contributed by atoms with Gasteiger partial charge in [-0.2, -0.15) is 5.10 Å². The van der Waals surface area contributed by atoms with E-state index in [2.05, 4.69) is 5.10 Å². The zero-order valence-corrected chi connectivity index (χ0v) is 17.2. The highest BCUT2D eigenvalue weighted by Gasteiger charge is 2.40. The molecule has 154 valence electrons. The van der Waals surface area contributed by atoms with Crippen LogP contribution in [0.5, 0.6) is 0 Å². The topological polar surface area (TPSA) is 89.8 Å². The number of hydrogen-bond donors (Lipinski definition) is 2. The van der Waals surface area contributed by atoms with Crippen molar-refractivity contribution in [2.24, 2.45) is 5.92 Å². The fourth-order valence-corrected chi connectivity index (χ4v) is 3.75. The number of ketones is 1. The molecule has 1 aromatic carbocycles. The van der Waals surface area contributed by atoms with Gasteiger partial charge in [-0.15, -0.1) is 0 Å². The average molecular weight is 396 g/mol. The SMILES string of the molecule is CCC(O)(CC)[C@@H](C)[C@@H](OCc1ccccc1)C(=O)c1ccc2c(N)ccnn12. The fourth-order valence-electron chi connectivity index (χ4n) is 3.75. The lowest BCUT2D eigenvalue weighted by molar-refractivity contribution is -0.0838. The Balaban J connectivity index is 1.96. The van der Waals surface area contributed by atoms with Crippen LogP contribution in [-0.4, -0.2) is 32.2 Å². The van der Waals surface area contributed by atoms with Crippen molar-refractivity contribution in [3.8, 4) is 0 Å². The summed E-state index contributed by atoms with van der Waals surface area (Å²) >= 11 is 0. The number of ether oxygens (including phenoxy) is 1. The number of Topliss-reactive ketones (excluding diaryl/α,β-unsaturated/α-hetero) is 1. The number of hydrogen-bond acceptors (Lipinski definition) is 5. The zero-order chi connectivity index (χ0) is 21.0. The quantitative estimate of drug-likeness (QED) is 0.537. The van der Waals surface area contributed by atoms with Crippen LogP contribution in [0.15, 0.2) is 54.7 Å². The molecule has 0 spiro atoms. The Labute approximate surface area is 171 Å². The van der Waals surface area contributed by atoms with Gasteiger partial charge < -0.3 is 15.6 Å². The highest BCUT2D eigenvalue weighted by atomic mass is 16.5. The Kier molecular flexibility index (Phi) is 6.35. The van der Waals surface area contributed by atoms with E-state index in [1.54, 1.807) is 28.9 Å². The Morgan fingerprint density at radius 3 is 2.52 bits per heavy atom. The van der Waals surface area contributed by atoms with Gasteiger partial charge in [-0.1, -0.05) is 51.1 Å². The van der Waals surface area contributed by atoms with E-state index in [1.165, 1.54) is 0 Å². The molecular weight excluding hydrogens is 366 g/mol. The largest absolute Gasteiger partial charge is 0.397 e. The summed E-state index contributed by atoms with van der Waals surface area (Å²) in [5.74, 6) is -0.618. The Morgan fingerprint density at radius 1 is 1.17 bits per heavy atom. The van der Waals surface area contributed by atoms with Crippen LogP contribution in [0.2, 0.25) is 0 Å². The first-order chi connectivity index (χ1) is 13.9. The van der Waals surface area contributed by atoms with Gasteiger partial charge in [-0.25, -0.2) is 4.52 Å². The van der Waals surface area contributed by atoms with Gasteiger partial charge in [0.1, 0.15) is 11.8 Å². The minimum absolute atomic E-state index is 0.216. The van der Waals surface area contributed by atoms with Crippen LogP contribution in [-0.2, 0) is 11.3 Å². The van der Waals surface area contributed by atoms with Gasteiger partial charge in [-0.05, 0) is 36.6 Å². The molecule has 0 amide bonds. The summed E-state index contributed by atoms with van der Waals surface area (Å²) in [7, 11) is 0. The van der Waals surface area contributed by atoms with Crippen LogP contribution in [0, 0.1) is 5.92 Å². The molecule has 2 heterocycles. The minimum Gasteiger partial charge on any atom is -0.397 e. The molecule has 0 unspecified atom stereocenters. The van der Waals surface area contributed by atoms with Crippen molar-refractivity contribution in [2.45, 2.75) is 51.9 Å². The smallest absolute Gasteiger partial charge is 0.210 e. The predicted molar refractivity (Wildman–Crippen MR) is 114 cm³/mol. The van der Waals surface area contributed by atoms with E-state index in [4.69, 9.17) is 10.5 Å². The summed E-state index contributed by atoms with van der Waals surface area (Å²) in [5, 5.41) is 15.4. The van der Waals surface area contributed by atoms with Crippen molar-refractivity contribution >= 4 is 17.0 Å². The number of anilines is 1. The molecule has 3 N–H and O–H groups in total. The molecule has 3 rings (SSSR count). The van der Waals surface area contributed by atoms with Crippen molar-refractivity contribution in [3.63, 3.8) is 0 Å². The maximum absolute atomic E-state index is 13.5. The maximum atomic E-state index is 13.5. The highest BCUT2D eigenvalue weighted by Crippen LogP contribution is 2.31. The van der Waals surface area contributed by atoms with Crippen molar-refractivity contribution in [1.82, 2.24) is 9.61 Å². The zero-order valence-electron chi connectivity index (χ0n) is 17.2. The van der Waals surface area contributed by atoms with Crippen molar-refractivity contribution in [2.75, 3.05) is 5.73 Å². The summed E-state index contributed by atoms with van der Waals surface area (Å²) in [5.41, 5.74) is 7.59. The van der Waals surface area contributed by atoms with E-state index in [-0.39, 0.29) is 12.4 Å². The molecule has 2 atom stereocenters.